The molecule has 0 atom stereocenters. The minimum atomic E-state index is 0.821. The first-order chi connectivity index (χ1) is 7.41. The fourth-order valence-corrected chi connectivity index (χ4v) is 1.55. The van der Waals surface area contributed by atoms with Gasteiger partial charge >= 0.3 is 0 Å². The summed E-state index contributed by atoms with van der Waals surface area (Å²) in [5, 5.41) is 3.36. The fraction of sp³-hybridized carbons (Fsp3) is 0.846. The summed E-state index contributed by atoms with van der Waals surface area (Å²) in [6.07, 6.45) is 11.3. The lowest BCUT2D eigenvalue weighted by molar-refractivity contribution is 0.199. The van der Waals surface area contributed by atoms with E-state index in [2.05, 4.69) is 11.9 Å². The van der Waals surface area contributed by atoms with Crippen molar-refractivity contribution < 1.29 is 4.74 Å². The maximum absolute atomic E-state index is 4.95. The summed E-state index contributed by atoms with van der Waals surface area (Å²) in [4.78, 5) is 0. The molecule has 2 heteroatoms. The third-order valence-electron chi connectivity index (χ3n) is 2.49. The molecule has 15 heavy (non-hydrogen) atoms. The van der Waals surface area contributed by atoms with Crippen LogP contribution in [0.4, 0.5) is 0 Å². The van der Waals surface area contributed by atoms with Gasteiger partial charge < -0.3 is 10.1 Å². The Kier molecular flexibility index (Phi) is 13.4. The van der Waals surface area contributed by atoms with Gasteiger partial charge in [-0.15, -0.1) is 6.58 Å². The van der Waals surface area contributed by atoms with Crippen molar-refractivity contribution in [2.24, 2.45) is 0 Å². The van der Waals surface area contributed by atoms with Crippen LogP contribution in [0.25, 0.3) is 0 Å². The van der Waals surface area contributed by atoms with E-state index in [1.807, 2.05) is 6.08 Å². The summed E-state index contributed by atoms with van der Waals surface area (Å²) in [5.41, 5.74) is 0. The van der Waals surface area contributed by atoms with Crippen LogP contribution in [0.5, 0.6) is 0 Å². The van der Waals surface area contributed by atoms with Crippen molar-refractivity contribution in [1.29, 1.82) is 0 Å². The van der Waals surface area contributed by atoms with Gasteiger partial charge in [0, 0.05) is 13.7 Å². The molecule has 0 bridgehead atoms. The van der Waals surface area contributed by atoms with E-state index in [0.29, 0.717) is 0 Å². The summed E-state index contributed by atoms with van der Waals surface area (Å²) in [6, 6.07) is 0. The highest BCUT2D eigenvalue weighted by atomic mass is 16.5. The molecule has 0 aliphatic rings. The van der Waals surface area contributed by atoms with E-state index in [1.54, 1.807) is 7.11 Å². The molecule has 0 rings (SSSR count). The minimum absolute atomic E-state index is 0.821. The molecular formula is C13H27NO. The minimum Gasteiger partial charge on any atom is -0.383 e. The average Bonchev–Trinajstić information content (AvgIpc) is 2.26. The third kappa shape index (κ3) is 13.7. The molecule has 0 radical (unpaired) electrons. The van der Waals surface area contributed by atoms with Gasteiger partial charge in [-0.1, -0.05) is 31.8 Å². The number of hydrogen-bond acceptors (Lipinski definition) is 2. The quantitative estimate of drug-likeness (QED) is 0.397. The summed E-state index contributed by atoms with van der Waals surface area (Å²) < 4.78 is 4.95. The van der Waals surface area contributed by atoms with E-state index in [0.717, 1.165) is 19.7 Å². The predicted octanol–water partition coefficient (Wildman–Crippen LogP) is 3.14. The maximum Gasteiger partial charge on any atom is 0.0587 e. The normalized spacial score (nSPS) is 10.5. The molecule has 0 aromatic rings. The number of ether oxygens (including phenoxy) is 1. The first-order valence-electron chi connectivity index (χ1n) is 6.22. The highest BCUT2D eigenvalue weighted by Crippen LogP contribution is 2.06. The first-order valence-corrected chi connectivity index (χ1v) is 6.22. The number of methoxy groups -OCH3 is 1. The summed E-state index contributed by atoms with van der Waals surface area (Å²) >= 11 is 0. The van der Waals surface area contributed by atoms with E-state index >= 15 is 0 Å². The van der Waals surface area contributed by atoms with Crippen molar-refractivity contribution in [1.82, 2.24) is 5.32 Å². The second-order valence-corrected chi connectivity index (χ2v) is 3.94. The predicted molar refractivity (Wildman–Crippen MR) is 67.3 cm³/mol. The SMILES string of the molecule is C=CCCCCCCCCNCCOC. The van der Waals surface area contributed by atoms with Gasteiger partial charge in [-0.2, -0.15) is 0 Å². The number of allylic oxidation sites excluding steroid dienone is 1. The van der Waals surface area contributed by atoms with Crippen LogP contribution in [-0.4, -0.2) is 26.8 Å². The Bertz CT molecular complexity index is 126. The van der Waals surface area contributed by atoms with Crippen LogP contribution >= 0.6 is 0 Å². The van der Waals surface area contributed by atoms with Crippen molar-refractivity contribution in [3.05, 3.63) is 12.7 Å². The highest BCUT2D eigenvalue weighted by Gasteiger charge is 1.91. The lowest BCUT2D eigenvalue weighted by Crippen LogP contribution is -2.20. The van der Waals surface area contributed by atoms with E-state index in [4.69, 9.17) is 4.74 Å². The molecule has 0 amide bonds. The smallest absolute Gasteiger partial charge is 0.0587 e. The monoisotopic (exact) mass is 213 g/mol. The van der Waals surface area contributed by atoms with Gasteiger partial charge in [0.2, 0.25) is 0 Å². The average molecular weight is 213 g/mol. The Morgan fingerprint density at radius 3 is 2.33 bits per heavy atom. The topological polar surface area (TPSA) is 21.3 Å². The maximum atomic E-state index is 4.95. The largest absolute Gasteiger partial charge is 0.383 e. The van der Waals surface area contributed by atoms with Gasteiger partial charge in [0.05, 0.1) is 6.61 Å². The zero-order valence-corrected chi connectivity index (χ0v) is 10.3. The lowest BCUT2D eigenvalue weighted by Gasteiger charge is -2.03. The van der Waals surface area contributed by atoms with E-state index in [-0.39, 0.29) is 0 Å². The van der Waals surface area contributed by atoms with Crippen molar-refractivity contribution in [2.75, 3.05) is 26.8 Å². The zero-order chi connectivity index (χ0) is 11.2. The molecule has 0 aliphatic heterocycles. The van der Waals surface area contributed by atoms with Gasteiger partial charge in [0.25, 0.3) is 0 Å². The van der Waals surface area contributed by atoms with E-state index in [9.17, 15) is 0 Å². The molecule has 2 nitrogen and oxygen atoms in total. The van der Waals surface area contributed by atoms with Gasteiger partial charge in [0.15, 0.2) is 0 Å². The van der Waals surface area contributed by atoms with Crippen LogP contribution in [-0.2, 0) is 4.74 Å². The van der Waals surface area contributed by atoms with Crippen molar-refractivity contribution in [3.8, 4) is 0 Å². The Hall–Kier alpha value is -0.340. The van der Waals surface area contributed by atoms with Crippen LogP contribution in [0.3, 0.4) is 0 Å². The molecule has 0 aromatic carbocycles. The Morgan fingerprint density at radius 1 is 1.00 bits per heavy atom. The molecule has 0 saturated carbocycles. The van der Waals surface area contributed by atoms with Gasteiger partial charge in [-0.25, -0.2) is 0 Å². The standard InChI is InChI=1S/C13H27NO/c1-3-4-5-6-7-8-9-10-11-14-12-13-15-2/h3,14H,1,4-13H2,2H3. The number of rotatable bonds is 12. The third-order valence-corrected chi connectivity index (χ3v) is 2.49. The molecule has 0 fully saturated rings. The van der Waals surface area contributed by atoms with Crippen molar-refractivity contribution in [2.45, 2.75) is 44.9 Å². The van der Waals surface area contributed by atoms with Crippen LogP contribution < -0.4 is 5.32 Å². The van der Waals surface area contributed by atoms with Crippen LogP contribution in [0, 0.1) is 0 Å². The van der Waals surface area contributed by atoms with Gasteiger partial charge in [-0.3, -0.25) is 0 Å². The van der Waals surface area contributed by atoms with Crippen molar-refractivity contribution in [3.63, 3.8) is 0 Å². The summed E-state index contributed by atoms with van der Waals surface area (Å²) in [7, 11) is 1.74. The van der Waals surface area contributed by atoms with Crippen molar-refractivity contribution >= 4 is 0 Å². The van der Waals surface area contributed by atoms with Gasteiger partial charge in [0.1, 0.15) is 0 Å². The van der Waals surface area contributed by atoms with Gasteiger partial charge in [-0.05, 0) is 25.8 Å². The molecular weight excluding hydrogens is 186 g/mol. The highest BCUT2D eigenvalue weighted by molar-refractivity contribution is 4.65. The molecule has 1 N–H and O–H groups in total. The van der Waals surface area contributed by atoms with Crippen LogP contribution in [0.15, 0.2) is 12.7 Å². The zero-order valence-electron chi connectivity index (χ0n) is 10.3. The number of hydrogen-bond donors (Lipinski definition) is 1. The van der Waals surface area contributed by atoms with Crippen LogP contribution in [0.1, 0.15) is 44.9 Å². The Morgan fingerprint density at radius 2 is 1.67 bits per heavy atom. The summed E-state index contributed by atoms with van der Waals surface area (Å²) in [6.45, 7) is 6.66. The second kappa shape index (κ2) is 13.7. The molecule has 0 aromatic heterocycles. The molecule has 0 aliphatic carbocycles. The number of nitrogens with one attached hydrogen (secondary N) is 1. The Labute approximate surface area is 95.1 Å². The molecule has 0 spiro atoms. The van der Waals surface area contributed by atoms with E-state index < -0.39 is 0 Å². The second-order valence-electron chi connectivity index (χ2n) is 3.94. The first kappa shape index (κ1) is 14.7. The number of unbranched alkanes of at least 4 members (excludes halogenated alkanes) is 6. The molecule has 90 valence electrons. The molecule has 0 saturated heterocycles. The van der Waals surface area contributed by atoms with E-state index in [1.165, 1.54) is 44.9 Å². The Balaban J connectivity index is 2.83. The fourth-order valence-electron chi connectivity index (χ4n) is 1.55. The molecule has 0 heterocycles. The molecule has 0 unspecified atom stereocenters. The lowest BCUT2D eigenvalue weighted by atomic mass is 10.1. The van der Waals surface area contributed by atoms with Crippen LogP contribution in [0.2, 0.25) is 0 Å². The summed E-state index contributed by atoms with van der Waals surface area (Å²) in [5.74, 6) is 0.